The lowest BCUT2D eigenvalue weighted by molar-refractivity contribution is 1.48. The van der Waals surface area contributed by atoms with Crippen molar-refractivity contribution in [3.05, 3.63) is 156 Å². The second kappa shape index (κ2) is 10.3. The van der Waals surface area contributed by atoms with Gasteiger partial charge in [0.2, 0.25) is 0 Å². The lowest BCUT2D eigenvalue weighted by Gasteiger charge is -2.17. The van der Waals surface area contributed by atoms with E-state index in [2.05, 4.69) is 135 Å². The standard InChI is InChI=1S/C50H28N2/c1-27-10-20-37-48-38(21-11-28(2)44(27)48)50-46(32-18-14-30(26-52)15-19-32)43-24-40-39(23-42(43)45(49(37)50)31-16-12-29(25-51)13-17-31)36-9-5-8-35-34-7-4-3-6-33(34)22-41(40)47(35)36/h3-24H,1-2H3. The van der Waals surface area contributed by atoms with Crippen LogP contribution in [0.3, 0.4) is 0 Å². The van der Waals surface area contributed by atoms with Gasteiger partial charge >= 0.3 is 0 Å². The Bertz CT molecular complexity index is 3400. The van der Waals surface area contributed by atoms with E-state index in [1.54, 1.807) is 0 Å². The monoisotopic (exact) mass is 656 g/mol. The van der Waals surface area contributed by atoms with Crippen molar-refractivity contribution < 1.29 is 0 Å². The molecule has 0 aliphatic rings. The fourth-order valence-corrected chi connectivity index (χ4v) is 9.43. The topological polar surface area (TPSA) is 47.6 Å². The second-order valence-corrected chi connectivity index (χ2v) is 14.3. The predicted octanol–water partition coefficient (Wildman–Crippen LogP) is 13.5. The molecule has 11 aromatic carbocycles. The minimum absolute atomic E-state index is 0.644. The van der Waals surface area contributed by atoms with Gasteiger partial charge in [-0.1, -0.05) is 91.0 Å². The number of benzene rings is 9. The van der Waals surface area contributed by atoms with Gasteiger partial charge < -0.3 is 0 Å². The zero-order valence-electron chi connectivity index (χ0n) is 28.6. The van der Waals surface area contributed by atoms with Crippen molar-refractivity contribution in [3.8, 4) is 34.4 Å². The fraction of sp³-hybridized carbons (Fsp3) is 0.0400. The van der Waals surface area contributed by atoms with Crippen molar-refractivity contribution in [2.75, 3.05) is 0 Å². The number of nitriles is 2. The summed E-state index contributed by atoms with van der Waals surface area (Å²) >= 11 is 0. The third-order valence-electron chi connectivity index (χ3n) is 11.6. The summed E-state index contributed by atoms with van der Waals surface area (Å²) in [6, 6.07) is 52.7. The summed E-state index contributed by atoms with van der Waals surface area (Å²) < 4.78 is 0. The Morgan fingerprint density at radius 1 is 0.346 bits per heavy atom. The fourth-order valence-electron chi connectivity index (χ4n) is 9.43. The van der Waals surface area contributed by atoms with E-state index in [4.69, 9.17) is 0 Å². The summed E-state index contributed by atoms with van der Waals surface area (Å²) in [4.78, 5) is 0. The maximum Gasteiger partial charge on any atom is 0.0991 e. The average Bonchev–Trinajstić information content (AvgIpc) is 3.68. The molecule has 0 atom stereocenters. The molecule has 0 spiro atoms. The van der Waals surface area contributed by atoms with E-state index in [-0.39, 0.29) is 0 Å². The Morgan fingerprint density at radius 2 is 0.846 bits per heavy atom. The Labute approximate surface area is 299 Å². The summed E-state index contributed by atoms with van der Waals surface area (Å²) in [6.07, 6.45) is 0. The van der Waals surface area contributed by atoms with Gasteiger partial charge in [0.05, 0.1) is 23.3 Å². The van der Waals surface area contributed by atoms with E-state index in [1.165, 1.54) is 108 Å². The molecule has 11 rings (SSSR count). The SMILES string of the molecule is Cc1ccc2c3c(-c4ccc(C#N)cc4)c4cc5c(cc4c(-c4ccc(C#N)cc4)c3c3ccc(C)c1c23)c1cc2ccccc2c2cccc5c21. The Balaban J connectivity index is 1.45. The maximum atomic E-state index is 9.77. The van der Waals surface area contributed by atoms with Gasteiger partial charge in [-0.25, -0.2) is 0 Å². The van der Waals surface area contributed by atoms with Crippen LogP contribution in [0.4, 0.5) is 0 Å². The minimum Gasteiger partial charge on any atom is -0.192 e. The molecule has 0 fully saturated rings. The summed E-state index contributed by atoms with van der Waals surface area (Å²) in [5, 5.41) is 39.5. The summed E-state index contributed by atoms with van der Waals surface area (Å²) in [5.74, 6) is 0. The third-order valence-corrected chi connectivity index (χ3v) is 11.6. The molecule has 0 amide bonds. The lowest BCUT2D eigenvalue weighted by atomic mass is 9.85. The summed E-state index contributed by atoms with van der Waals surface area (Å²) in [7, 11) is 0. The molecule has 52 heavy (non-hydrogen) atoms. The van der Waals surface area contributed by atoms with Gasteiger partial charge in [-0.15, -0.1) is 0 Å². The number of hydrogen-bond acceptors (Lipinski definition) is 2. The van der Waals surface area contributed by atoms with Crippen molar-refractivity contribution in [2.45, 2.75) is 13.8 Å². The summed E-state index contributed by atoms with van der Waals surface area (Å²) in [6.45, 7) is 4.43. The number of rotatable bonds is 2. The highest BCUT2D eigenvalue weighted by atomic mass is 14.3. The number of aryl methyl sites for hydroxylation is 2. The first-order valence-corrected chi connectivity index (χ1v) is 17.7. The van der Waals surface area contributed by atoms with Crippen LogP contribution in [0.1, 0.15) is 22.3 Å². The molecule has 0 saturated heterocycles. The van der Waals surface area contributed by atoms with Crippen LogP contribution in [0, 0.1) is 36.5 Å². The van der Waals surface area contributed by atoms with Gasteiger partial charge in [-0.3, -0.25) is 0 Å². The Hall–Kier alpha value is -7.00. The first kappa shape index (κ1) is 28.8. The van der Waals surface area contributed by atoms with Crippen molar-refractivity contribution in [3.63, 3.8) is 0 Å². The van der Waals surface area contributed by atoms with Gasteiger partial charge in [0.1, 0.15) is 0 Å². The van der Waals surface area contributed by atoms with Crippen molar-refractivity contribution in [1.82, 2.24) is 0 Å². The smallest absolute Gasteiger partial charge is 0.0991 e. The van der Waals surface area contributed by atoms with Crippen LogP contribution < -0.4 is 0 Å². The van der Waals surface area contributed by atoms with Crippen molar-refractivity contribution >= 4 is 86.2 Å². The molecule has 0 bridgehead atoms. The molecule has 0 N–H and O–H groups in total. The molecular formula is C50H28N2. The van der Waals surface area contributed by atoms with E-state index < -0.39 is 0 Å². The molecule has 238 valence electrons. The van der Waals surface area contributed by atoms with Gasteiger partial charge in [0.25, 0.3) is 0 Å². The number of nitrogens with zero attached hydrogens (tertiary/aromatic N) is 2. The maximum absolute atomic E-state index is 9.77. The van der Waals surface area contributed by atoms with Gasteiger partial charge in [0, 0.05) is 0 Å². The van der Waals surface area contributed by atoms with E-state index in [0.717, 1.165) is 11.1 Å². The van der Waals surface area contributed by atoms with Crippen LogP contribution >= 0.6 is 0 Å². The van der Waals surface area contributed by atoms with Gasteiger partial charge in [-0.2, -0.15) is 10.5 Å². The van der Waals surface area contributed by atoms with Crippen molar-refractivity contribution in [1.29, 1.82) is 10.5 Å². The molecule has 2 nitrogen and oxygen atoms in total. The van der Waals surface area contributed by atoms with Crippen LogP contribution in [-0.4, -0.2) is 0 Å². The van der Waals surface area contributed by atoms with Crippen molar-refractivity contribution in [2.24, 2.45) is 0 Å². The minimum atomic E-state index is 0.644. The quantitative estimate of drug-likeness (QED) is 0.174. The number of fused-ring (bicyclic) bond motifs is 9. The van der Waals surface area contributed by atoms with Crippen LogP contribution in [0.5, 0.6) is 0 Å². The molecule has 0 radical (unpaired) electrons. The molecule has 0 saturated carbocycles. The molecule has 11 aromatic rings. The Morgan fingerprint density at radius 3 is 1.40 bits per heavy atom. The second-order valence-electron chi connectivity index (χ2n) is 14.3. The first-order valence-electron chi connectivity index (χ1n) is 17.7. The highest BCUT2D eigenvalue weighted by molar-refractivity contribution is 6.42. The molecule has 0 unspecified atom stereocenters. The average molecular weight is 657 g/mol. The molecule has 0 heterocycles. The summed E-state index contributed by atoms with van der Waals surface area (Å²) in [5.41, 5.74) is 8.37. The number of hydrogen-bond donors (Lipinski definition) is 0. The zero-order chi connectivity index (χ0) is 34.8. The lowest BCUT2D eigenvalue weighted by Crippen LogP contribution is -1.90. The van der Waals surface area contributed by atoms with Crippen LogP contribution in [-0.2, 0) is 0 Å². The van der Waals surface area contributed by atoms with Gasteiger partial charge in [0.15, 0.2) is 0 Å². The highest BCUT2D eigenvalue weighted by Crippen LogP contribution is 2.54. The van der Waals surface area contributed by atoms with Gasteiger partial charge in [-0.05, 0) is 176 Å². The molecule has 0 aliphatic carbocycles. The van der Waals surface area contributed by atoms with E-state index in [9.17, 15) is 10.5 Å². The Kier molecular flexibility index (Phi) is 5.69. The molecule has 0 aliphatic heterocycles. The largest absolute Gasteiger partial charge is 0.192 e. The molecule has 0 aromatic heterocycles. The van der Waals surface area contributed by atoms with E-state index in [0.29, 0.717) is 11.1 Å². The van der Waals surface area contributed by atoms with Crippen LogP contribution in [0.15, 0.2) is 133 Å². The van der Waals surface area contributed by atoms with E-state index in [1.807, 2.05) is 24.3 Å². The highest BCUT2D eigenvalue weighted by Gasteiger charge is 2.26. The van der Waals surface area contributed by atoms with Crippen LogP contribution in [0.2, 0.25) is 0 Å². The molecular weight excluding hydrogens is 629 g/mol. The third kappa shape index (κ3) is 3.66. The van der Waals surface area contributed by atoms with Crippen LogP contribution in [0.25, 0.3) is 108 Å². The molecule has 2 heteroatoms. The normalized spacial score (nSPS) is 12.0. The zero-order valence-corrected chi connectivity index (χ0v) is 28.6. The van der Waals surface area contributed by atoms with E-state index >= 15 is 0 Å². The predicted molar refractivity (Wildman–Crippen MR) is 219 cm³/mol. The first-order chi connectivity index (χ1) is 25.5.